The Morgan fingerprint density at radius 1 is 0.722 bits per heavy atom. The van der Waals surface area contributed by atoms with Gasteiger partial charge >= 0.3 is 0 Å². The first-order valence-corrected chi connectivity index (χ1v) is 12.8. The lowest BCUT2D eigenvalue weighted by Crippen LogP contribution is -2.34. The van der Waals surface area contributed by atoms with Crippen molar-refractivity contribution in [2.24, 2.45) is 0 Å². The molecule has 7 heteroatoms. The highest BCUT2D eigenvalue weighted by Gasteiger charge is 2.09. The summed E-state index contributed by atoms with van der Waals surface area (Å²) in [4.78, 5) is 12.6. The number of rotatable bonds is 14. The molecule has 0 fully saturated rings. The van der Waals surface area contributed by atoms with Gasteiger partial charge in [0, 0.05) is 17.3 Å². The first-order valence-electron chi connectivity index (χ1n) is 12.4. The number of unbranched alkanes of at least 4 members (excludes halogenated alkanes) is 4. The molecule has 3 aromatic carbocycles. The fraction of sp³-hybridized carbons (Fsp3) is 0.310. The highest BCUT2D eigenvalue weighted by atomic mass is 32.1. The van der Waals surface area contributed by atoms with Crippen LogP contribution in [0.3, 0.4) is 0 Å². The van der Waals surface area contributed by atoms with Gasteiger partial charge in [0.25, 0.3) is 5.91 Å². The molecule has 36 heavy (non-hydrogen) atoms. The van der Waals surface area contributed by atoms with Gasteiger partial charge in [0.15, 0.2) is 5.11 Å². The third kappa shape index (κ3) is 9.96. The molecule has 0 atom stereocenters. The lowest BCUT2D eigenvalue weighted by Gasteiger charge is -2.12. The van der Waals surface area contributed by atoms with Crippen molar-refractivity contribution in [3.63, 3.8) is 0 Å². The third-order valence-electron chi connectivity index (χ3n) is 5.32. The topological polar surface area (TPSA) is 68.8 Å². The van der Waals surface area contributed by atoms with Gasteiger partial charge in [-0.25, -0.2) is 0 Å². The summed E-state index contributed by atoms with van der Waals surface area (Å²) in [6, 6.07) is 24.0. The van der Waals surface area contributed by atoms with Crippen LogP contribution in [0, 0.1) is 0 Å². The van der Waals surface area contributed by atoms with E-state index in [1.54, 1.807) is 24.3 Å². The first kappa shape index (κ1) is 27.0. The van der Waals surface area contributed by atoms with Gasteiger partial charge in [0.2, 0.25) is 0 Å². The van der Waals surface area contributed by atoms with Crippen LogP contribution in [0.5, 0.6) is 17.2 Å². The van der Waals surface area contributed by atoms with Crippen LogP contribution in [0.15, 0.2) is 78.9 Å². The highest BCUT2D eigenvalue weighted by Crippen LogP contribution is 2.18. The molecular weight excluding hydrogens is 472 g/mol. The van der Waals surface area contributed by atoms with Crippen molar-refractivity contribution in [3.05, 3.63) is 84.4 Å². The standard InChI is InChI=1S/C29H34N2O4S/c1-2-3-4-5-9-19-33-27-14-10-11-24(22-27)30-29(36)31-28(32)23-15-17-26(18-16-23)35-21-20-34-25-12-7-6-8-13-25/h6-8,10-18,22H,2-5,9,19-21H2,1H3,(H2,30,31,32,36). The molecule has 0 heterocycles. The molecule has 3 aromatic rings. The predicted octanol–water partition coefficient (Wildman–Crippen LogP) is 6.62. The van der Waals surface area contributed by atoms with Gasteiger partial charge in [0.05, 0.1) is 6.61 Å². The van der Waals surface area contributed by atoms with Crippen molar-refractivity contribution < 1.29 is 19.0 Å². The molecule has 0 bridgehead atoms. The maximum Gasteiger partial charge on any atom is 0.257 e. The van der Waals surface area contributed by atoms with Gasteiger partial charge in [-0.2, -0.15) is 0 Å². The van der Waals surface area contributed by atoms with E-state index >= 15 is 0 Å². The maximum atomic E-state index is 12.6. The number of ether oxygens (including phenoxy) is 3. The number of para-hydroxylation sites is 1. The Kier molecular flexibility index (Phi) is 11.6. The molecule has 190 valence electrons. The predicted molar refractivity (Wildman–Crippen MR) is 148 cm³/mol. The van der Waals surface area contributed by atoms with E-state index in [9.17, 15) is 4.79 Å². The number of hydrogen-bond acceptors (Lipinski definition) is 5. The van der Waals surface area contributed by atoms with Gasteiger partial charge in [-0.05, 0) is 67.2 Å². The maximum absolute atomic E-state index is 12.6. The number of anilines is 1. The molecule has 0 aliphatic heterocycles. The molecule has 0 aliphatic carbocycles. The van der Waals surface area contributed by atoms with Crippen LogP contribution in [-0.2, 0) is 0 Å². The smallest absolute Gasteiger partial charge is 0.257 e. The van der Waals surface area contributed by atoms with Crippen molar-refractivity contribution in [1.82, 2.24) is 5.32 Å². The third-order valence-corrected chi connectivity index (χ3v) is 5.52. The Balaban J connectivity index is 1.38. The molecular formula is C29H34N2O4S. The molecule has 0 spiro atoms. The minimum absolute atomic E-state index is 0.218. The summed E-state index contributed by atoms with van der Waals surface area (Å²) < 4.78 is 17.1. The molecule has 2 N–H and O–H groups in total. The van der Waals surface area contributed by atoms with Gasteiger partial charge in [-0.1, -0.05) is 56.9 Å². The molecule has 0 aromatic heterocycles. The Morgan fingerprint density at radius 2 is 1.36 bits per heavy atom. The van der Waals surface area contributed by atoms with Gasteiger partial charge in [0.1, 0.15) is 30.5 Å². The van der Waals surface area contributed by atoms with Crippen LogP contribution in [0.1, 0.15) is 49.4 Å². The number of amides is 1. The summed E-state index contributed by atoms with van der Waals surface area (Å²) in [5.41, 5.74) is 1.23. The Bertz CT molecular complexity index is 1070. The molecule has 0 unspecified atom stereocenters. The number of benzene rings is 3. The molecule has 0 saturated heterocycles. The van der Waals surface area contributed by atoms with Crippen LogP contribution in [0.4, 0.5) is 5.69 Å². The minimum Gasteiger partial charge on any atom is -0.494 e. The fourth-order valence-electron chi connectivity index (χ4n) is 3.44. The number of hydrogen-bond donors (Lipinski definition) is 2. The van der Waals surface area contributed by atoms with Crippen LogP contribution in [-0.4, -0.2) is 30.8 Å². The lowest BCUT2D eigenvalue weighted by molar-refractivity contribution is 0.0977. The summed E-state index contributed by atoms with van der Waals surface area (Å²) in [6.45, 7) is 3.72. The van der Waals surface area contributed by atoms with Crippen LogP contribution in [0.25, 0.3) is 0 Å². The number of thiocarbonyl (C=S) groups is 1. The Morgan fingerprint density at radius 3 is 2.08 bits per heavy atom. The van der Waals surface area contributed by atoms with Crippen LogP contribution in [0.2, 0.25) is 0 Å². The SMILES string of the molecule is CCCCCCCOc1cccc(NC(=S)NC(=O)c2ccc(OCCOc3ccccc3)cc2)c1. The van der Waals surface area contributed by atoms with Crippen molar-refractivity contribution in [2.45, 2.75) is 39.0 Å². The molecule has 6 nitrogen and oxygen atoms in total. The van der Waals surface area contributed by atoms with Crippen molar-refractivity contribution >= 4 is 28.9 Å². The monoisotopic (exact) mass is 506 g/mol. The van der Waals surface area contributed by atoms with Crippen molar-refractivity contribution in [1.29, 1.82) is 0 Å². The second-order valence-electron chi connectivity index (χ2n) is 8.23. The molecule has 0 saturated carbocycles. The Labute approximate surface area is 219 Å². The zero-order valence-electron chi connectivity index (χ0n) is 20.7. The average molecular weight is 507 g/mol. The van der Waals surface area contributed by atoms with Crippen molar-refractivity contribution in [3.8, 4) is 17.2 Å². The van der Waals surface area contributed by atoms with E-state index in [4.69, 9.17) is 26.4 Å². The van der Waals surface area contributed by atoms with Crippen LogP contribution < -0.4 is 24.8 Å². The number of nitrogens with one attached hydrogen (secondary N) is 2. The van der Waals surface area contributed by atoms with Gasteiger partial charge < -0.3 is 19.5 Å². The largest absolute Gasteiger partial charge is 0.494 e. The van der Waals surface area contributed by atoms with Gasteiger partial charge in [-0.3, -0.25) is 10.1 Å². The van der Waals surface area contributed by atoms with Crippen LogP contribution >= 0.6 is 12.2 Å². The first-order chi connectivity index (χ1) is 17.6. The normalized spacial score (nSPS) is 10.4. The molecule has 1 amide bonds. The molecule has 3 rings (SSSR count). The fourth-order valence-corrected chi connectivity index (χ4v) is 3.65. The summed E-state index contributed by atoms with van der Waals surface area (Å²) in [6.07, 6.45) is 5.96. The molecule has 0 radical (unpaired) electrons. The minimum atomic E-state index is -0.300. The lowest BCUT2D eigenvalue weighted by atomic mass is 10.2. The zero-order valence-corrected chi connectivity index (χ0v) is 21.5. The molecule has 0 aliphatic rings. The van der Waals surface area contributed by atoms with Crippen molar-refractivity contribution in [2.75, 3.05) is 25.1 Å². The Hall–Kier alpha value is -3.58. The van der Waals surface area contributed by atoms with E-state index in [2.05, 4.69) is 17.6 Å². The average Bonchev–Trinajstić information content (AvgIpc) is 2.90. The van der Waals surface area contributed by atoms with E-state index < -0.39 is 0 Å². The number of carbonyl (C=O) groups excluding carboxylic acids is 1. The summed E-state index contributed by atoms with van der Waals surface area (Å²) >= 11 is 5.32. The number of carbonyl (C=O) groups is 1. The summed E-state index contributed by atoms with van der Waals surface area (Å²) in [5.74, 6) is 1.93. The second kappa shape index (κ2) is 15.4. The van der Waals surface area contributed by atoms with E-state index in [1.165, 1.54) is 25.7 Å². The highest BCUT2D eigenvalue weighted by molar-refractivity contribution is 7.80. The quantitative estimate of drug-likeness (QED) is 0.189. The van der Waals surface area contributed by atoms with E-state index in [0.29, 0.717) is 31.1 Å². The van der Waals surface area contributed by atoms with E-state index in [1.807, 2.05) is 54.6 Å². The zero-order chi connectivity index (χ0) is 25.4. The van der Waals surface area contributed by atoms with E-state index in [-0.39, 0.29) is 11.0 Å². The second-order valence-corrected chi connectivity index (χ2v) is 8.64. The van der Waals surface area contributed by atoms with Gasteiger partial charge in [-0.15, -0.1) is 0 Å². The summed E-state index contributed by atoms with van der Waals surface area (Å²) in [5, 5.41) is 5.96. The summed E-state index contributed by atoms with van der Waals surface area (Å²) in [7, 11) is 0. The van der Waals surface area contributed by atoms with E-state index in [0.717, 1.165) is 23.6 Å².